The van der Waals surface area contributed by atoms with E-state index in [1.807, 2.05) is 30.3 Å². The zero-order valence-electron chi connectivity index (χ0n) is 15.9. The van der Waals surface area contributed by atoms with Crippen LogP contribution in [0.25, 0.3) is 0 Å². The van der Waals surface area contributed by atoms with E-state index in [4.69, 9.17) is 14.2 Å². The van der Waals surface area contributed by atoms with Crippen molar-refractivity contribution >= 4 is 12.4 Å². The number of carbonyl (C=O) groups excluding carboxylic acids is 2. The van der Waals surface area contributed by atoms with Crippen molar-refractivity contribution in [2.24, 2.45) is 5.92 Å². The molecule has 1 unspecified atom stereocenters. The molecule has 1 atom stereocenters. The van der Waals surface area contributed by atoms with Gasteiger partial charge in [-0.25, -0.2) is 0 Å². The van der Waals surface area contributed by atoms with Crippen LogP contribution < -0.4 is 0 Å². The zero-order valence-corrected chi connectivity index (χ0v) is 15.9. The molecule has 0 aliphatic carbocycles. The van der Waals surface area contributed by atoms with Crippen LogP contribution in [0.3, 0.4) is 0 Å². The molecular weight excluding hydrogens is 332 g/mol. The molecule has 0 amide bonds. The maximum absolute atomic E-state index is 11.8. The molecule has 0 bridgehead atoms. The smallest absolute Gasteiger partial charge is 0.305 e. The molecule has 26 heavy (non-hydrogen) atoms. The molecule has 0 fully saturated rings. The van der Waals surface area contributed by atoms with E-state index < -0.39 is 0 Å². The fourth-order valence-electron chi connectivity index (χ4n) is 2.57. The number of ether oxygens (including phenoxy) is 3. The van der Waals surface area contributed by atoms with Gasteiger partial charge < -0.3 is 14.2 Å². The Hall–Kier alpha value is -1.88. The van der Waals surface area contributed by atoms with E-state index in [-0.39, 0.29) is 25.1 Å². The summed E-state index contributed by atoms with van der Waals surface area (Å²) in [6.07, 6.45) is 7.25. The maximum Gasteiger partial charge on any atom is 0.305 e. The topological polar surface area (TPSA) is 61.8 Å². The van der Waals surface area contributed by atoms with E-state index >= 15 is 0 Å². The molecule has 0 spiro atoms. The average Bonchev–Trinajstić information content (AvgIpc) is 2.67. The van der Waals surface area contributed by atoms with Gasteiger partial charge in [0, 0.05) is 6.42 Å². The number of rotatable bonds is 16. The summed E-state index contributed by atoms with van der Waals surface area (Å²) in [7, 11) is 0. The van der Waals surface area contributed by atoms with Gasteiger partial charge in [0.05, 0.1) is 32.3 Å². The van der Waals surface area contributed by atoms with Crippen molar-refractivity contribution in [1.82, 2.24) is 0 Å². The van der Waals surface area contributed by atoms with E-state index in [1.54, 1.807) is 0 Å². The third-order valence-electron chi connectivity index (χ3n) is 4.08. The number of hydrogen-bond acceptors (Lipinski definition) is 5. The van der Waals surface area contributed by atoms with E-state index in [9.17, 15) is 9.59 Å². The third kappa shape index (κ3) is 11.6. The molecule has 146 valence electrons. The van der Waals surface area contributed by atoms with Crippen LogP contribution in [0.2, 0.25) is 0 Å². The van der Waals surface area contributed by atoms with Gasteiger partial charge >= 0.3 is 5.97 Å². The molecule has 0 aliphatic rings. The molecule has 1 aromatic carbocycles. The van der Waals surface area contributed by atoms with E-state index in [2.05, 4.69) is 6.92 Å². The predicted molar refractivity (Wildman–Crippen MR) is 101 cm³/mol. The number of hydrogen-bond donors (Lipinski definition) is 0. The molecule has 0 saturated heterocycles. The second kappa shape index (κ2) is 15.4. The lowest BCUT2D eigenvalue weighted by Crippen LogP contribution is -2.23. The van der Waals surface area contributed by atoms with Gasteiger partial charge in [0.25, 0.3) is 6.47 Å². The zero-order chi connectivity index (χ0) is 18.9. The van der Waals surface area contributed by atoms with Gasteiger partial charge in [-0.2, -0.15) is 0 Å². The summed E-state index contributed by atoms with van der Waals surface area (Å²) in [5.41, 5.74) is 1.07. The Labute approximate surface area is 157 Å². The molecule has 0 heterocycles. The summed E-state index contributed by atoms with van der Waals surface area (Å²) >= 11 is 0. The van der Waals surface area contributed by atoms with Crippen LogP contribution in [0.1, 0.15) is 57.4 Å². The monoisotopic (exact) mass is 364 g/mol. The molecule has 0 N–H and O–H groups in total. The standard InChI is InChI=1S/C21H32O5/c1-2-3-4-5-6-10-13-21(23)26-17-20(16-25-18-22)15-24-14-19-11-8-7-9-12-19/h7-9,11-12,18,20H,2-6,10,13-17H2,1H3. The molecule has 5 nitrogen and oxygen atoms in total. The maximum atomic E-state index is 11.8. The highest BCUT2D eigenvalue weighted by Gasteiger charge is 2.13. The molecule has 0 aliphatic heterocycles. The number of carbonyl (C=O) groups is 2. The highest BCUT2D eigenvalue weighted by molar-refractivity contribution is 5.69. The van der Waals surface area contributed by atoms with Crippen LogP contribution in [0.4, 0.5) is 0 Å². The largest absolute Gasteiger partial charge is 0.467 e. The highest BCUT2D eigenvalue weighted by Crippen LogP contribution is 2.09. The fourth-order valence-corrected chi connectivity index (χ4v) is 2.57. The van der Waals surface area contributed by atoms with Crippen molar-refractivity contribution in [3.8, 4) is 0 Å². The summed E-state index contributed by atoms with van der Waals surface area (Å²) in [4.78, 5) is 22.3. The first kappa shape index (κ1) is 22.2. The molecule has 1 aromatic rings. The minimum Gasteiger partial charge on any atom is -0.467 e. The van der Waals surface area contributed by atoms with Crippen LogP contribution >= 0.6 is 0 Å². The highest BCUT2D eigenvalue weighted by atomic mass is 16.5. The summed E-state index contributed by atoms with van der Waals surface area (Å²) in [6, 6.07) is 9.83. The van der Waals surface area contributed by atoms with Crippen molar-refractivity contribution in [3.63, 3.8) is 0 Å². The fraction of sp³-hybridized carbons (Fsp3) is 0.619. The Morgan fingerprint density at radius 1 is 1.00 bits per heavy atom. The lowest BCUT2D eigenvalue weighted by molar-refractivity contribution is -0.147. The Morgan fingerprint density at radius 2 is 1.73 bits per heavy atom. The first-order valence-corrected chi connectivity index (χ1v) is 9.58. The van der Waals surface area contributed by atoms with Crippen LogP contribution in [0.5, 0.6) is 0 Å². The van der Waals surface area contributed by atoms with Gasteiger partial charge in [0.1, 0.15) is 0 Å². The second-order valence-corrected chi connectivity index (χ2v) is 6.50. The average molecular weight is 364 g/mol. The first-order chi connectivity index (χ1) is 12.8. The Morgan fingerprint density at radius 3 is 2.46 bits per heavy atom. The quantitative estimate of drug-likeness (QED) is 0.249. The van der Waals surface area contributed by atoms with Crippen molar-refractivity contribution in [3.05, 3.63) is 35.9 Å². The van der Waals surface area contributed by atoms with Crippen LogP contribution in [-0.4, -0.2) is 32.3 Å². The van der Waals surface area contributed by atoms with Gasteiger partial charge in [-0.15, -0.1) is 0 Å². The van der Waals surface area contributed by atoms with Gasteiger partial charge in [0.15, 0.2) is 0 Å². The third-order valence-corrected chi connectivity index (χ3v) is 4.08. The number of esters is 1. The van der Waals surface area contributed by atoms with E-state index in [0.717, 1.165) is 18.4 Å². The van der Waals surface area contributed by atoms with Gasteiger partial charge in [-0.3, -0.25) is 9.59 Å². The summed E-state index contributed by atoms with van der Waals surface area (Å²) in [6.45, 7) is 3.82. The SMILES string of the molecule is CCCCCCCCC(=O)OCC(COC=O)COCc1ccccc1. The van der Waals surface area contributed by atoms with Crippen molar-refractivity contribution in [1.29, 1.82) is 0 Å². The minimum absolute atomic E-state index is 0.155. The Bertz CT molecular complexity index is 475. The Kier molecular flexibility index (Phi) is 13.1. The van der Waals surface area contributed by atoms with Crippen molar-refractivity contribution < 1.29 is 23.8 Å². The molecule has 5 heteroatoms. The van der Waals surface area contributed by atoms with E-state index in [0.29, 0.717) is 26.1 Å². The van der Waals surface area contributed by atoms with E-state index in [1.165, 1.54) is 25.7 Å². The molecule has 0 saturated carbocycles. The summed E-state index contributed by atoms with van der Waals surface area (Å²) in [5, 5.41) is 0. The van der Waals surface area contributed by atoms with Crippen LogP contribution in [0, 0.1) is 5.92 Å². The minimum atomic E-state index is -0.195. The van der Waals surface area contributed by atoms with Crippen LogP contribution in [-0.2, 0) is 30.4 Å². The molecule has 0 radical (unpaired) electrons. The summed E-state index contributed by atoms with van der Waals surface area (Å²) in [5.74, 6) is -0.350. The first-order valence-electron chi connectivity index (χ1n) is 9.58. The predicted octanol–water partition coefficient (Wildman–Crippen LogP) is 4.29. The van der Waals surface area contributed by atoms with Crippen molar-refractivity contribution in [2.75, 3.05) is 19.8 Å². The van der Waals surface area contributed by atoms with Gasteiger partial charge in [-0.1, -0.05) is 69.4 Å². The normalized spacial score (nSPS) is 11.7. The molecular formula is C21H32O5. The summed E-state index contributed by atoms with van der Waals surface area (Å²) < 4.78 is 15.8. The Balaban J connectivity index is 2.19. The lowest BCUT2D eigenvalue weighted by Gasteiger charge is -2.16. The second-order valence-electron chi connectivity index (χ2n) is 6.50. The van der Waals surface area contributed by atoms with Gasteiger partial charge in [-0.05, 0) is 12.0 Å². The van der Waals surface area contributed by atoms with Gasteiger partial charge in [0.2, 0.25) is 0 Å². The number of benzene rings is 1. The molecule has 1 rings (SSSR count). The number of unbranched alkanes of at least 4 members (excludes halogenated alkanes) is 5. The lowest BCUT2D eigenvalue weighted by atomic mass is 10.1. The molecule has 0 aromatic heterocycles. The van der Waals surface area contributed by atoms with Crippen LogP contribution in [0.15, 0.2) is 30.3 Å². The van der Waals surface area contributed by atoms with Crippen molar-refractivity contribution in [2.45, 2.75) is 58.5 Å².